The molecule has 1 aliphatic heterocycles. The SMILES string of the molecule is CN1CCN(CCC(=O)c2ccc(F)cc2)CC1.Cl.Cl. The van der Waals surface area contributed by atoms with Gasteiger partial charge in [0.25, 0.3) is 0 Å². The lowest BCUT2D eigenvalue weighted by molar-refractivity contribution is 0.0942. The van der Waals surface area contributed by atoms with E-state index in [4.69, 9.17) is 0 Å². The highest BCUT2D eigenvalue weighted by Crippen LogP contribution is 2.07. The Hall–Kier alpha value is -0.680. The summed E-state index contributed by atoms with van der Waals surface area (Å²) in [6.07, 6.45) is 0.509. The summed E-state index contributed by atoms with van der Waals surface area (Å²) in [5, 5.41) is 0. The Morgan fingerprint density at radius 3 is 2.20 bits per heavy atom. The predicted molar refractivity (Wildman–Crippen MR) is 83.8 cm³/mol. The molecule has 114 valence electrons. The number of carbonyl (C=O) groups is 1. The molecule has 1 aromatic rings. The molecule has 0 unspecified atom stereocenters. The maximum Gasteiger partial charge on any atom is 0.164 e. The average molecular weight is 323 g/mol. The second-order valence-electron chi connectivity index (χ2n) is 4.82. The van der Waals surface area contributed by atoms with Crippen LogP contribution in [-0.2, 0) is 0 Å². The maximum atomic E-state index is 12.7. The van der Waals surface area contributed by atoms with E-state index in [9.17, 15) is 9.18 Å². The topological polar surface area (TPSA) is 23.6 Å². The number of hydrogen-bond acceptors (Lipinski definition) is 3. The van der Waals surface area contributed by atoms with Gasteiger partial charge in [0, 0.05) is 44.7 Å². The quantitative estimate of drug-likeness (QED) is 0.796. The fourth-order valence-corrected chi connectivity index (χ4v) is 2.11. The van der Waals surface area contributed by atoms with Gasteiger partial charge in [-0.05, 0) is 31.3 Å². The number of nitrogens with zero attached hydrogens (tertiary/aromatic N) is 2. The van der Waals surface area contributed by atoms with Gasteiger partial charge in [0.15, 0.2) is 5.78 Å². The first-order chi connectivity index (χ1) is 8.65. The van der Waals surface area contributed by atoms with Crippen LogP contribution in [-0.4, -0.2) is 55.4 Å². The predicted octanol–water partition coefficient (Wildman–Crippen LogP) is 2.49. The van der Waals surface area contributed by atoms with E-state index < -0.39 is 0 Å². The van der Waals surface area contributed by atoms with Crippen LogP contribution in [0, 0.1) is 5.82 Å². The van der Waals surface area contributed by atoms with E-state index in [2.05, 4.69) is 16.8 Å². The molecule has 0 spiro atoms. The van der Waals surface area contributed by atoms with Crippen LogP contribution >= 0.6 is 24.8 Å². The Balaban J connectivity index is 0.00000180. The zero-order valence-corrected chi connectivity index (χ0v) is 13.2. The van der Waals surface area contributed by atoms with Crippen LogP contribution in [0.5, 0.6) is 0 Å². The molecule has 6 heteroatoms. The monoisotopic (exact) mass is 322 g/mol. The second-order valence-corrected chi connectivity index (χ2v) is 4.82. The molecule has 0 aliphatic carbocycles. The van der Waals surface area contributed by atoms with Crippen LogP contribution in [0.3, 0.4) is 0 Å². The van der Waals surface area contributed by atoms with Crippen LogP contribution in [0.2, 0.25) is 0 Å². The van der Waals surface area contributed by atoms with Crippen LogP contribution < -0.4 is 0 Å². The minimum absolute atomic E-state index is 0. The fourth-order valence-electron chi connectivity index (χ4n) is 2.11. The maximum absolute atomic E-state index is 12.7. The number of halogens is 3. The van der Waals surface area contributed by atoms with Crippen molar-refractivity contribution in [2.75, 3.05) is 39.8 Å². The summed E-state index contributed by atoms with van der Waals surface area (Å²) < 4.78 is 12.7. The third kappa shape index (κ3) is 5.75. The van der Waals surface area contributed by atoms with Gasteiger partial charge in [-0.15, -0.1) is 24.8 Å². The Bertz CT molecular complexity index is 406. The number of ketones is 1. The molecule has 0 radical (unpaired) electrons. The molecule has 1 saturated heterocycles. The summed E-state index contributed by atoms with van der Waals surface area (Å²) in [6, 6.07) is 5.79. The zero-order chi connectivity index (χ0) is 13.0. The summed E-state index contributed by atoms with van der Waals surface area (Å²) in [4.78, 5) is 16.5. The molecular weight excluding hydrogens is 302 g/mol. The van der Waals surface area contributed by atoms with Gasteiger partial charge in [0.05, 0.1) is 0 Å². The van der Waals surface area contributed by atoms with Crippen molar-refractivity contribution in [1.29, 1.82) is 0 Å². The smallest absolute Gasteiger partial charge is 0.164 e. The van der Waals surface area contributed by atoms with Crippen molar-refractivity contribution in [1.82, 2.24) is 9.80 Å². The van der Waals surface area contributed by atoms with Gasteiger partial charge < -0.3 is 9.80 Å². The number of benzene rings is 1. The van der Waals surface area contributed by atoms with Gasteiger partial charge in [-0.25, -0.2) is 4.39 Å². The first-order valence-electron chi connectivity index (χ1n) is 6.35. The lowest BCUT2D eigenvalue weighted by Crippen LogP contribution is -2.45. The van der Waals surface area contributed by atoms with Gasteiger partial charge in [-0.2, -0.15) is 0 Å². The van der Waals surface area contributed by atoms with Gasteiger partial charge >= 0.3 is 0 Å². The summed E-state index contributed by atoms with van der Waals surface area (Å²) in [7, 11) is 2.11. The first-order valence-corrected chi connectivity index (χ1v) is 6.35. The lowest BCUT2D eigenvalue weighted by atomic mass is 10.1. The molecule has 1 fully saturated rings. The Labute approximate surface area is 131 Å². The Morgan fingerprint density at radius 2 is 1.65 bits per heavy atom. The molecule has 0 N–H and O–H groups in total. The molecule has 2 rings (SSSR count). The Morgan fingerprint density at radius 1 is 1.10 bits per heavy atom. The van der Waals surface area contributed by atoms with Crippen molar-refractivity contribution in [3.63, 3.8) is 0 Å². The number of likely N-dealkylation sites (N-methyl/N-ethyl adjacent to an activating group) is 1. The van der Waals surface area contributed by atoms with Crippen molar-refractivity contribution in [3.8, 4) is 0 Å². The van der Waals surface area contributed by atoms with E-state index in [0.717, 1.165) is 32.7 Å². The van der Waals surface area contributed by atoms with E-state index in [1.807, 2.05) is 0 Å². The molecule has 3 nitrogen and oxygen atoms in total. The summed E-state index contributed by atoms with van der Waals surface area (Å²) in [5.41, 5.74) is 0.602. The highest BCUT2D eigenvalue weighted by molar-refractivity contribution is 5.96. The van der Waals surface area contributed by atoms with E-state index in [1.54, 1.807) is 12.1 Å². The molecule has 1 aliphatic rings. The van der Waals surface area contributed by atoms with E-state index in [1.165, 1.54) is 12.1 Å². The zero-order valence-electron chi connectivity index (χ0n) is 11.5. The normalized spacial score (nSPS) is 16.1. The number of Topliss-reactive ketones (excluding diaryl/α,β-unsaturated/α-hetero) is 1. The molecule has 0 bridgehead atoms. The number of hydrogen-bond donors (Lipinski definition) is 0. The molecule has 20 heavy (non-hydrogen) atoms. The third-order valence-corrected chi connectivity index (χ3v) is 3.42. The molecule has 0 saturated carbocycles. The summed E-state index contributed by atoms with van der Waals surface area (Å²) >= 11 is 0. The number of carbonyl (C=O) groups excluding carboxylic acids is 1. The van der Waals surface area contributed by atoms with E-state index in [0.29, 0.717) is 12.0 Å². The minimum atomic E-state index is -0.300. The number of piperazine rings is 1. The van der Waals surface area contributed by atoms with Crippen molar-refractivity contribution in [2.24, 2.45) is 0 Å². The van der Waals surface area contributed by atoms with Crippen molar-refractivity contribution in [3.05, 3.63) is 35.6 Å². The molecular formula is C14H21Cl2FN2O. The second kappa shape index (κ2) is 9.29. The van der Waals surface area contributed by atoms with Crippen LogP contribution in [0.4, 0.5) is 4.39 Å². The summed E-state index contributed by atoms with van der Waals surface area (Å²) in [5.74, 6) is -0.209. The minimum Gasteiger partial charge on any atom is -0.304 e. The standard InChI is InChI=1S/C14H19FN2O.2ClH/c1-16-8-10-17(11-9-16)7-6-14(18)12-2-4-13(15)5-3-12;;/h2-5H,6-11H2,1H3;2*1H. The fraction of sp³-hybridized carbons (Fsp3) is 0.500. The lowest BCUT2D eigenvalue weighted by Gasteiger charge is -2.32. The van der Waals surface area contributed by atoms with Crippen molar-refractivity contribution in [2.45, 2.75) is 6.42 Å². The van der Waals surface area contributed by atoms with Crippen LogP contribution in [0.25, 0.3) is 0 Å². The summed E-state index contributed by atoms with van der Waals surface area (Å²) in [6.45, 7) is 4.96. The van der Waals surface area contributed by atoms with Crippen LogP contribution in [0.15, 0.2) is 24.3 Å². The molecule has 1 heterocycles. The third-order valence-electron chi connectivity index (χ3n) is 3.42. The highest BCUT2D eigenvalue weighted by Gasteiger charge is 2.15. The largest absolute Gasteiger partial charge is 0.304 e. The molecule has 0 aromatic heterocycles. The van der Waals surface area contributed by atoms with Crippen molar-refractivity contribution >= 4 is 30.6 Å². The van der Waals surface area contributed by atoms with Gasteiger partial charge in [-0.1, -0.05) is 0 Å². The van der Waals surface area contributed by atoms with Gasteiger partial charge in [0.2, 0.25) is 0 Å². The van der Waals surface area contributed by atoms with Crippen LogP contribution in [0.1, 0.15) is 16.8 Å². The highest BCUT2D eigenvalue weighted by atomic mass is 35.5. The number of rotatable bonds is 4. The Kier molecular flexibility index (Phi) is 8.98. The molecule has 0 atom stereocenters. The molecule has 0 amide bonds. The van der Waals surface area contributed by atoms with Gasteiger partial charge in [-0.3, -0.25) is 4.79 Å². The average Bonchev–Trinajstić information content (AvgIpc) is 2.38. The van der Waals surface area contributed by atoms with E-state index >= 15 is 0 Å². The first kappa shape index (κ1) is 19.3. The van der Waals surface area contributed by atoms with Gasteiger partial charge in [0.1, 0.15) is 5.82 Å². The van der Waals surface area contributed by atoms with E-state index in [-0.39, 0.29) is 36.4 Å². The van der Waals surface area contributed by atoms with Crippen molar-refractivity contribution < 1.29 is 9.18 Å². The molecule has 1 aromatic carbocycles.